The Morgan fingerprint density at radius 2 is 2.04 bits per heavy atom. The lowest BCUT2D eigenvalue weighted by Gasteiger charge is -2.10. The Kier molecular flexibility index (Phi) is 5.76. The van der Waals surface area contributed by atoms with Crippen molar-refractivity contribution < 1.29 is 22.7 Å². The van der Waals surface area contributed by atoms with Gasteiger partial charge in [-0.15, -0.1) is 0 Å². The molecular weight excluding hydrogens is 318 g/mol. The van der Waals surface area contributed by atoms with E-state index < -0.39 is 15.8 Å². The van der Waals surface area contributed by atoms with Crippen LogP contribution in [0.15, 0.2) is 24.3 Å². The van der Waals surface area contributed by atoms with E-state index in [1.165, 1.54) is 0 Å². The van der Waals surface area contributed by atoms with Gasteiger partial charge in [-0.25, -0.2) is 8.42 Å². The molecule has 1 heterocycles. The zero-order valence-electron chi connectivity index (χ0n) is 13.1. The van der Waals surface area contributed by atoms with Crippen LogP contribution in [0.1, 0.15) is 24.0 Å². The number of amides is 1. The van der Waals surface area contributed by atoms with E-state index in [-0.39, 0.29) is 36.4 Å². The van der Waals surface area contributed by atoms with Gasteiger partial charge in [-0.1, -0.05) is 24.3 Å². The number of benzene rings is 1. The van der Waals surface area contributed by atoms with Crippen LogP contribution in [0.2, 0.25) is 0 Å². The highest BCUT2D eigenvalue weighted by molar-refractivity contribution is 7.91. The largest absolute Gasteiger partial charge is 0.456 e. The normalized spacial score (nSPS) is 19.3. The summed E-state index contributed by atoms with van der Waals surface area (Å²) >= 11 is 0. The summed E-state index contributed by atoms with van der Waals surface area (Å²) in [7, 11) is -3.00. The van der Waals surface area contributed by atoms with E-state index in [2.05, 4.69) is 5.32 Å². The summed E-state index contributed by atoms with van der Waals surface area (Å²) in [5.74, 6) is -0.940. The zero-order chi connectivity index (χ0) is 16.9. The Bertz CT molecular complexity index is 683. The lowest BCUT2D eigenvalue weighted by molar-refractivity contribution is -0.149. The maximum absolute atomic E-state index is 11.7. The van der Waals surface area contributed by atoms with E-state index in [9.17, 15) is 18.0 Å². The molecule has 1 saturated heterocycles. The maximum atomic E-state index is 11.7. The highest BCUT2D eigenvalue weighted by Gasteiger charge is 2.29. The third-order valence-corrected chi connectivity index (χ3v) is 5.72. The molecule has 126 valence electrons. The van der Waals surface area contributed by atoms with Crippen molar-refractivity contribution in [2.24, 2.45) is 5.92 Å². The van der Waals surface area contributed by atoms with E-state index in [1.54, 1.807) is 0 Å². The second kappa shape index (κ2) is 7.59. The number of carbonyl (C=O) groups is 2. The second-order valence-corrected chi connectivity index (χ2v) is 8.07. The van der Waals surface area contributed by atoms with Gasteiger partial charge in [0.2, 0.25) is 0 Å². The minimum Gasteiger partial charge on any atom is -0.456 e. The molecule has 0 aromatic heterocycles. The number of nitrogens with one attached hydrogen (secondary N) is 1. The molecule has 1 aliphatic rings. The fourth-order valence-corrected chi connectivity index (χ4v) is 4.39. The maximum Gasteiger partial charge on any atom is 0.306 e. The van der Waals surface area contributed by atoms with Crippen LogP contribution >= 0.6 is 0 Å². The molecule has 0 spiro atoms. The van der Waals surface area contributed by atoms with Crippen LogP contribution in [-0.4, -0.2) is 38.4 Å². The molecule has 1 amide bonds. The Morgan fingerprint density at radius 3 is 2.70 bits per heavy atom. The number of hydrogen-bond acceptors (Lipinski definition) is 5. The zero-order valence-corrected chi connectivity index (χ0v) is 13.9. The third-order valence-electron chi connectivity index (χ3n) is 3.88. The average Bonchev–Trinajstić information content (AvgIpc) is 2.83. The van der Waals surface area contributed by atoms with Gasteiger partial charge < -0.3 is 10.1 Å². The highest BCUT2D eigenvalue weighted by Crippen LogP contribution is 2.21. The van der Waals surface area contributed by atoms with Crippen LogP contribution in [0.4, 0.5) is 0 Å². The molecule has 0 aliphatic carbocycles. The Labute approximate surface area is 136 Å². The molecule has 1 atom stereocenters. The van der Waals surface area contributed by atoms with Crippen molar-refractivity contribution in [1.29, 1.82) is 0 Å². The van der Waals surface area contributed by atoms with E-state index in [0.717, 1.165) is 11.1 Å². The molecular formula is C16H21NO5S. The molecule has 2 rings (SSSR count). The number of aryl methyl sites for hydroxylation is 1. The van der Waals surface area contributed by atoms with Crippen molar-refractivity contribution in [1.82, 2.24) is 5.32 Å². The van der Waals surface area contributed by atoms with E-state index in [1.807, 2.05) is 31.2 Å². The average molecular weight is 339 g/mol. The summed E-state index contributed by atoms with van der Waals surface area (Å²) in [5.41, 5.74) is 2.08. The van der Waals surface area contributed by atoms with Crippen LogP contribution in [0.25, 0.3) is 0 Å². The second-order valence-electron chi connectivity index (χ2n) is 5.84. The number of rotatable bonds is 6. The number of hydrogen-bond donors (Lipinski definition) is 1. The lowest BCUT2D eigenvalue weighted by atomic mass is 10.1. The van der Waals surface area contributed by atoms with Gasteiger partial charge in [-0.05, 0) is 30.4 Å². The van der Waals surface area contributed by atoms with Gasteiger partial charge >= 0.3 is 5.97 Å². The number of ether oxygens (including phenoxy) is 1. The molecule has 1 aromatic carbocycles. The number of sulfone groups is 1. The van der Waals surface area contributed by atoms with Crippen LogP contribution in [0.3, 0.4) is 0 Å². The summed E-state index contributed by atoms with van der Waals surface area (Å²) in [6.07, 6.45) is 0.529. The van der Waals surface area contributed by atoms with E-state index >= 15 is 0 Å². The Balaban J connectivity index is 1.68. The molecule has 7 heteroatoms. The third kappa shape index (κ3) is 5.67. The molecule has 0 unspecified atom stereocenters. The van der Waals surface area contributed by atoms with Crippen molar-refractivity contribution in [3.8, 4) is 0 Å². The van der Waals surface area contributed by atoms with E-state index in [4.69, 9.17) is 4.74 Å². The molecule has 1 N–H and O–H groups in total. The van der Waals surface area contributed by atoms with Crippen molar-refractivity contribution in [3.05, 3.63) is 35.4 Å². The number of esters is 1. The van der Waals surface area contributed by atoms with Crippen LogP contribution in [0, 0.1) is 12.8 Å². The first kappa shape index (κ1) is 17.5. The summed E-state index contributed by atoms with van der Waals surface area (Å²) in [5, 5.41) is 2.69. The highest BCUT2D eigenvalue weighted by atomic mass is 32.2. The van der Waals surface area contributed by atoms with Crippen molar-refractivity contribution in [2.75, 3.05) is 18.1 Å². The van der Waals surface area contributed by atoms with Crippen LogP contribution < -0.4 is 5.32 Å². The van der Waals surface area contributed by atoms with E-state index in [0.29, 0.717) is 13.0 Å². The lowest BCUT2D eigenvalue weighted by Crippen LogP contribution is -2.29. The standard InChI is InChI=1S/C16H21NO5S/c1-12-4-2-3-5-14(12)9-17-15(18)10-22-16(19)8-13-6-7-23(20,21)11-13/h2-5,13H,6-11H2,1H3,(H,17,18)/t13-/m1/s1. The minimum absolute atomic E-state index is 0.0293. The first-order valence-electron chi connectivity index (χ1n) is 7.53. The molecule has 0 bridgehead atoms. The molecule has 6 nitrogen and oxygen atoms in total. The van der Waals surface area contributed by atoms with Gasteiger partial charge in [-0.3, -0.25) is 9.59 Å². The predicted molar refractivity (Wildman–Crippen MR) is 85.4 cm³/mol. The SMILES string of the molecule is Cc1ccccc1CNC(=O)COC(=O)C[C@H]1CCS(=O)(=O)C1. The smallest absolute Gasteiger partial charge is 0.306 e. The monoisotopic (exact) mass is 339 g/mol. The Morgan fingerprint density at radius 1 is 1.30 bits per heavy atom. The minimum atomic E-state index is -3.00. The van der Waals surface area contributed by atoms with Gasteiger partial charge in [-0.2, -0.15) is 0 Å². The van der Waals surface area contributed by atoms with Crippen LogP contribution in [0.5, 0.6) is 0 Å². The van der Waals surface area contributed by atoms with Gasteiger partial charge in [0.1, 0.15) is 0 Å². The van der Waals surface area contributed by atoms with Gasteiger partial charge in [0.05, 0.1) is 11.5 Å². The van der Waals surface area contributed by atoms with Gasteiger partial charge in [0, 0.05) is 13.0 Å². The molecule has 0 radical (unpaired) electrons. The molecule has 1 aliphatic heterocycles. The van der Waals surface area contributed by atoms with Crippen LogP contribution in [-0.2, 0) is 30.7 Å². The number of carbonyl (C=O) groups excluding carboxylic acids is 2. The van der Waals surface area contributed by atoms with Crippen molar-refractivity contribution in [2.45, 2.75) is 26.3 Å². The Hall–Kier alpha value is -1.89. The summed E-state index contributed by atoms with van der Waals surface area (Å²) < 4.78 is 27.5. The first-order valence-corrected chi connectivity index (χ1v) is 9.35. The van der Waals surface area contributed by atoms with Crippen molar-refractivity contribution >= 4 is 21.7 Å². The topological polar surface area (TPSA) is 89.5 Å². The van der Waals surface area contributed by atoms with Gasteiger partial charge in [0.15, 0.2) is 16.4 Å². The van der Waals surface area contributed by atoms with Gasteiger partial charge in [0.25, 0.3) is 5.91 Å². The fourth-order valence-electron chi connectivity index (χ4n) is 2.53. The molecule has 23 heavy (non-hydrogen) atoms. The van der Waals surface area contributed by atoms with Crippen molar-refractivity contribution in [3.63, 3.8) is 0 Å². The summed E-state index contributed by atoms with van der Waals surface area (Å²) in [4.78, 5) is 23.3. The predicted octanol–water partition coefficient (Wildman–Crippen LogP) is 0.979. The molecule has 1 aromatic rings. The quantitative estimate of drug-likeness (QED) is 0.780. The fraction of sp³-hybridized carbons (Fsp3) is 0.500. The first-order chi connectivity index (χ1) is 10.9. The molecule has 1 fully saturated rings. The summed E-state index contributed by atoms with van der Waals surface area (Å²) in [6, 6.07) is 7.69. The summed E-state index contributed by atoms with van der Waals surface area (Å²) in [6.45, 7) is 1.99. The molecule has 0 saturated carbocycles.